The first-order valence-electron chi connectivity index (χ1n) is 4.92. The highest BCUT2D eigenvalue weighted by Gasteiger charge is 2.10. The number of nitrogen functional groups attached to an aromatic ring is 1. The summed E-state index contributed by atoms with van der Waals surface area (Å²) in [6.45, 7) is 0.845. The average molecular weight is 243 g/mol. The first-order chi connectivity index (χ1) is 7.83. The van der Waals surface area contributed by atoms with Crippen LogP contribution in [0.5, 0.6) is 5.75 Å². The minimum absolute atomic E-state index is 0.477. The maximum Gasteiger partial charge on any atom is 0.205 e. The molecule has 0 amide bonds. The number of methoxy groups -OCH3 is 1. The molecule has 0 aromatic carbocycles. The van der Waals surface area contributed by atoms with Crippen LogP contribution in [0.3, 0.4) is 0 Å². The van der Waals surface area contributed by atoms with Gasteiger partial charge in [-0.3, -0.25) is 0 Å². The van der Waals surface area contributed by atoms with E-state index in [2.05, 4.69) is 27.0 Å². The molecule has 0 unspecified atom stereocenters. The lowest BCUT2D eigenvalue weighted by Crippen LogP contribution is -2.13. The summed E-state index contributed by atoms with van der Waals surface area (Å²) in [6, 6.07) is 0. The lowest BCUT2D eigenvalue weighted by molar-refractivity contribution is 0.414. The van der Waals surface area contributed by atoms with Crippen molar-refractivity contribution < 1.29 is 4.74 Å². The third kappa shape index (κ3) is 3.42. The van der Waals surface area contributed by atoms with E-state index in [9.17, 15) is 0 Å². The molecule has 0 aliphatic rings. The van der Waals surface area contributed by atoms with Crippen LogP contribution >= 0.6 is 11.8 Å². The summed E-state index contributed by atoms with van der Waals surface area (Å²) in [7, 11) is 1.56. The Bertz CT molecular complexity index is 323. The maximum atomic E-state index is 5.32. The second-order valence-corrected chi connectivity index (χ2v) is 4.01. The fourth-order valence-corrected chi connectivity index (χ4v) is 1.65. The number of nitrogens with zero attached hydrogens (tertiary/aromatic N) is 2. The summed E-state index contributed by atoms with van der Waals surface area (Å²) in [6.07, 6.45) is 4.59. The number of rotatable bonds is 7. The van der Waals surface area contributed by atoms with Gasteiger partial charge in [0, 0.05) is 6.54 Å². The van der Waals surface area contributed by atoms with E-state index < -0.39 is 0 Å². The molecule has 0 aliphatic carbocycles. The van der Waals surface area contributed by atoms with Crippen LogP contribution in [0.2, 0.25) is 0 Å². The standard InChI is InChI=1S/C9H17N5OS/c1-15-7-8(11-4-3-5-16-2)12-6-13-9(7)14-10/h6H,3-5,10H2,1-2H3,(H2,11,12,13,14). The summed E-state index contributed by atoms with van der Waals surface area (Å²) in [5.74, 6) is 8.11. The van der Waals surface area contributed by atoms with Gasteiger partial charge in [0.05, 0.1) is 7.11 Å². The lowest BCUT2D eigenvalue weighted by Gasteiger charge is -2.12. The molecule has 7 heteroatoms. The predicted octanol–water partition coefficient (Wildman–Crippen LogP) is 0.936. The summed E-state index contributed by atoms with van der Waals surface area (Å²) in [5, 5.41) is 3.19. The van der Waals surface area contributed by atoms with Crippen LogP contribution in [0, 0.1) is 0 Å². The molecule has 1 aromatic heterocycles. The quantitative estimate of drug-likeness (QED) is 0.373. The molecule has 1 heterocycles. The van der Waals surface area contributed by atoms with E-state index in [1.165, 1.54) is 6.33 Å². The van der Waals surface area contributed by atoms with Crippen molar-refractivity contribution in [2.45, 2.75) is 6.42 Å². The molecule has 0 saturated carbocycles. The van der Waals surface area contributed by atoms with Crippen molar-refractivity contribution in [2.75, 3.05) is 36.4 Å². The number of nitrogens with one attached hydrogen (secondary N) is 2. The van der Waals surface area contributed by atoms with Gasteiger partial charge in [0.2, 0.25) is 5.75 Å². The van der Waals surface area contributed by atoms with Crippen LogP contribution in [0.25, 0.3) is 0 Å². The number of hydrogen-bond donors (Lipinski definition) is 3. The summed E-state index contributed by atoms with van der Waals surface area (Å²) in [4.78, 5) is 8.06. The van der Waals surface area contributed by atoms with Crippen molar-refractivity contribution in [1.82, 2.24) is 9.97 Å². The summed E-state index contributed by atoms with van der Waals surface area (Å²) in [5.41, 5.74) is 2.47. The molecule has 0 radical (unpaired) electrons. The minimum atomic E-state index is 0.477. The maximum absolute atomic E-state index is 5.32. The van der Waals surface area contributed by atoms with Crippen LogP contribution in [-0.2, 0) is 0 Å². The van der Waals surface area contributed by atoms with Gasteiger partial charge in [-0.05, 0) is 18.4 Å². The van der Waals surface area contributed by atoms with E-state index in [1.807, 2.05) is 11.8 Å². The van der Waals surface area contributed by atoms with Crippen molar-refractivity contribution in [1.29, 1.82) is 0 Å². The normalized spacial score (nSPS) is 9.94. The largest absolute Gasteiger partial charge is 0.490 e. The number of hydrogen-bond acceptors (Lipinski definition) is 7. The van der Waals surface area contributed by atoms with E-state index in [-0.39, 0.29) is 0 Å². The Labute approximate surface area is 99.3 Å². The lowest BCUT2D eigenvalue weighted by atomic mass is 10.4. The molecule has 0 atom stereocenters. The zero-order chi connectivity index (χ0) is 11.8. The molecule has 0 aliphatic heterocycles. The van der Waals surface area contributed by atoms with Crippen molar-refractivity contribution >= 4 is 23.4 Å². The fourth-order valence-electron chi connectivity index (χ4n) is 1.22. The van der Waals surface area contributed by atoms with Gasteiger partial charge in [-0.25, -0.2) is 15.8 Å². The van der Waals surface area contributed by atoms with Crippen LogP contribution in [0.15, 0.2) is 6.33 Å². The number of nitrogens with two attached hydrogens (primary N) is 1. The number of anilines is 2. The molecule has 6 nitrogen and oxygen atoms in total. The molecule has 1 rings (SSSR count). The van der Waals surface area contributed by atoms with Crippen molar-refractivity contribution in [3.63, 3.8) is 0 Å². The minimum Gasteiger partial charge on any atom is -0.490 e. The van der Waals surface area contributed by atoms with E-state index >= 15 is 0 Å². The third-order valence-electron chi connectivity index (χ3n) is 1.96. The smallest absolute Gasteiger partial charge is 0.205 e. The van der Waals surface area contributed by atoms with Gasteiger partial charge in [0.15, 0.2) is 11.6 Å². The van der Waals surface area contributed by atoms with E-state index in [0.717, 1.165) is 18.7 Å². The van der Waals surface area contributed by atoms with Gasteiger partial charge in [-0.2, -0.15) is 11.8 Å². The summed E-state index contributed by atoms with van der Waals surface area (Å²) >= 11 is 1.82. The number of aromatic nitrogens is 2. The second-order valence-electron chi connectivity index (χ2n) is 3.02. The number of hydrazine groups is 1. The highest BCUT2D eigenvalue weighted by atomic mass is 32.2. The van der Waals surface area contributed by atoms with Gasteiger partial charge in [-0.1, -0.05) is 0 Å². The third-order valence-corrected chi connectivity index (χ3v) is 2.66. The van der Waals surface area contributed by atoms with Gasteiger partial charge in [-0.15, -0.1) is 0 Å². The Morgan fingerprint density at radius 1 is 1.44 bits per heavy atom. The Morgan fingerprint density at radius 3 is 2.81 bits per heavy atom. The molecule has 1 aromatic rings. The van der Waals surface area contributed by atoms with E-state index in [1.54, 1.807) is 7.11 Å². The van der Waals surface area contributed by atoms with Crippen molar-refractivity contribution in [3.8, 4) is 5.75 Å². The topological polar surface area (TPSA) is 85.1 Å². The Morgan fingerprint density at radius 2 is 2.19 bits per heavy atom. The molecule has 0 bridgehead atoms. The molecular weight excluding hydrogens is 226 g/mol. The molecule has 90 valence electrons. The second kappa shape index (κ2) is 7.13. The predicted molar refractivity (Wildman–Crippen MR) is 67.9 cm³/mol. The number of ether oxygens (including phenoxy) is 1. The highest BCUT2D eigenvalue weighted by Crippen LogP contribution is 2.27. The van der Waals surface area contributed by atoms with E-state index in [4.69, 9.17) is 10.6 Å². The van der Waals surface area contributed by atoms with Crippen molar-refractivity contribution in [3.05, 3.63) is 6.33 Å². The molecular formula is C9H17N5OS. The molecule has 0 saturated heterocycles. The Balaban J connectivity index is 2.63. The van der Waals surface area contributed by atoms with Crippen LogP contribution < -0.4 is 21.3 Å². The van der Waals surface area contributed by atoms with Crippen LogP contribution in [0.1, 0.15) is 6.42 Å². The van der Waals surface area contributed by atoms with Gasteiger partial charge >= 0.3 is 0 Å². The first-order valence-corrected chi connectivity index (χ1v) is 6.31. The SMILES string of the molecule is COc1c(NN)ncnc1NCCCSC. The Hall–Kier alpha value is -1.21. The molecule has 4 N–H and O–H groups in total. The number of thioether (sulfide) groups is 1. The fraction of sp³-hybridized carbons (Fsp3) is 0.556. The zero-order valence-corrected chi connectivity index (χ0v) is 10.3. The van der Waals surface area contributed by atoms with Gasteiger partial charge in [0.1, 0.15) is 6.33 Å². The Kier molecular flexibility index (Phi) is 5.73. The van der Waals surface area contributed by atoms with Crippen molar-refractivity contribution in [2.24, 2.45) is 5.84 Å². The molecule has 16 heavy (non-hydrogen) atoms. The average Bonchev–Trinajstić information content (AvgIpc) is 2.34. The van der Waals surface area contributed by atoms with Crippen LogP contribution in [0.4, 0.5) is 11.6 Å². The highest BCUT2D eigenvalue weighted by molar-refractivity contribution is 7.98. The summed E-state index contributed by atoms with van der Waals surface area (Å²) < 4.78 is 5.19. The van der Waals surface area contributed by atoms with Gasteiger partial charge in [0.25, 0.3) is 0 Å². The van der Waals surface area contributed by atoms with E-state index in [0.29, 0.717) is 17.4 Å². The van der Waals surface area contributed by atoms with Crippen LogP contribution in [-0.4, -0.2) is 35.6 Å². The first kappa shape index (κ1) is 12.9. The molecule has 0 spiro atoms. The molecule has 0 fully saturated rings. The zero-order valence-electron chi connectivity index (χ0n) is 9.49. The monoisotopic (exact) mass is 243 g/mol. The van der Waals surface area contributed by atoms with Gasteiger partial charge < -0.3 is 15.5 Å².